The topological polar surface area (TPSA) is 51.5 Å². The number of benzene rings is 1. The SMILES string of the molecule is O=C(NCCc1ccco1)c1ccccc1OCBr. The van der Waals surface area contributed by atoms with Crippen LogP contribution in [0.4, 0.5) is 0 Å². The van der Waals surface area contributed by atoms with E-state index in [0.717, 1.165) is 5.76 Å². The molecule has 0 aliphatic rings. The molecule has 0 radical (unpaired) electrons. The van der Waals surface area contributed by atoms with E-state index in [9.17, 15) is 4.79 Å². The maximum Gasteiger partial charge on any atom is 0.255 e. The molecule has 100 valence electrons. The minimum Gasteiger partial charge on any atom is -0.482 e. The van der Waals surface area contributed by atoms with Crippen molar-refractivity contribution >= 4 is 21.8 Å². The average Bonchev–Trinajstić information content (AvgIpc) is 2.93. The van der Waals surface area contributed by atoms with E-state index < -0.39 is 0 Å². The van der Waals surface area contributed by atoms with E-state index in [0.29, 0.717) is 29.8 Å². The highest BCUT2D eigenvalue weighted by Gasteiger charge is 2.11. The van der Waals surface area contributed by atoms with Crippen LogP contribution < -0.4 is 10.1 Å². The minimum atomic E-state index is -0.150. The number of para-hydroxylation sites is 1. The molecule has 2 aromatic rings. The second-order valence-electron chi connectivity index (χ2n) is 3.83. The Kier molecular flexibility index (Phi) is 5.03. The van der Waals surface area contributed by atoms with Crippen LogP contribution >= 0.6 is 15.9 Å². The van der Waals surface area contributed by atoms with Crippen molar-refractivity contribution in [2.24, 2.45) is 0 Å². The Bertz CT molecular complexity index is 525. The van der Waals surface area contributed by atoms with Gasteiger partial charge in [0, 0.05) is 13.0 Å². The standard InChI is InChI=1S/C14H14BrNO3/c15-10-19-13-6-2-1-5-12(13)14(17)16-8-7-11-4-3-9-18-11/h1-6,9H,7-8,10H2,(H,16,17). The van der Waals surface area contributed by atoms with Crippen molar-refractivity contribution in [3.8, 4) is 5.75 Å². The predicted octanol–water partition coefficient (Wildman–Crippen LogP) is 2.98. The molecule has 0 fully saturated rings. The monoisotopic (exact) mass is 323 g/mol. The van der Waals surface area contributed by atoms with Crippen molar-refractivity contribution in [1.29, 1.82) is 0 Å². The first-order chi connectivity index (χ1) is 9.31. The van der Waals surface area contributed by atoms with E-state index in [-0.39, 0.29) is 5.91 Å². The van der Waals surface area contributed by atoms with Crippen LogP contribution in [-0.2, 0) is 6.42 Å². The van der Waals surface area contributed by atoms with Gasteiger partial charge in [-0.25, -0.2) is 0 Å². The van der Waals surface area contributed by atoms with Gasteiger partial charge in [-0.3, -0.25) is 4.79 Å². The summed E-state index contributed by atoms with van der Waals surface area (Å²) in [5, 5.41) is 2.84. The van der Waals surface area contributed by atoms with Crippen LogP contribution in [0.25, 0.3) is 0 Å². The molecule has 19 heavy (non-hydrogen) atoms. The largest absolute Gasteiger partial charge is 0.482 e. The highest BCUT2D eigenvalue weighted by atomic mass is 79.9. The highest BCUT2D eigenvalue weighted by Crippen LogP contribution is 2.18. The van der Waals surface area contributed by atoms with Gasteiger partial charge >= 0.3 is 0 Å². The van der Waals surface area contributed by atoms with Gasteiger partial charge < -0.3 is 14.5 Å². The minimum absolute atomic E-state index is 0.150. The van der Waals surface area contributed by atoms with Gasteiger partial charge in [-0.2, -0.15) is 0 Å². The molecule has 1 amide bonds. The van der Waals surface area contributed by atoms with Crippen LogP contribution in [0.5, 0.6) is 5.75 Å². The lowest BCUT2D eigenvalue weighted by Crippen LogP contribution is -2.26. The number of halogens is 1. The van der Waals surface area contributed by atoms with Crippen molar-refractivity contribution in [1.82, 2.24) is 5.32 Å². The first-order valence-electron chi connectivity index (χ1n) is 5.89. The summed E-state index contributed by atoms with van der Waals surface area (Å²) in [6, 6.07) is 10.9. The molecule has 1 N–H and O–H groups in total. The smallest absolute Gasteiger partial charge is 0.255 e. The third kappa shape index (κ3) is 3.86. The molecule has 0 spiro atoms. The Morgan fingerprint density at radius 3 is 2.84 bits per heavy atom. The normalized spacial score (nSPS) is 10.2. The fourth-order valence-electron chi connectivity index (χ4n) is 1.69. The number of alkyl halides is 1. The third-order valence-electron chi connectivity index (χ3n) is 2.58. The molecule has 0 saturated carbocycles. The molecular weight excluding hydrogens is 310 g/mol. The van der Waals surface area contributed by atoms with Crippen molar-refractivity contribution in [2.75, 3.05) is 12.1 Å². The van der Waals surface area contributed by atoms with Crippen LogP contribution in [-0.4, -0.2) is 18.0 Å². The first-order valence-corrected chi connectivity index (χ1v) is 7.02. The summed E-state index contributed by atoms with van der Waals surface area (Å²) in [4.78, 5) is 12.0. The quantitative estimate of drug-likeness (QED) is 0.831. The Morgan fingerprint density at radius 1 is 1.26 bits per heavy atom. The molecule has 0 unspecified atom stereocenters. The van der Waals surface area contributed by atoms with Gasteiger partial charge in [-0.15, -0.1) is 0 Å². The predicted molar refractivity (Wildman–Crippen MR) is 75.6 cm³/mol. The molecule has 0 aliphatic heterocycles. The Morgan fingerprint density at radius 2 is 2.11 bits per heavy atom. The molecule has 4 nitrogen and oxygen atoms in total. The number of amides is 1. The van der Waals surface area contributed by atoms with E-state index in [1.54, 1.807) is 18.4 Å². The third-order valence-corrected chi connectivity index (χ3v) is 2.81. The molecule has 0 aliphatic carbocycles. The fourth-order valence-corrected chi connectivity index (χ4v) is 1.93. The Labute approximate surface area is 119 Å². The summed E-state index contributed by atoms with van der Waals surface area (Å²) in [5.74, 6) is 1.27. The number of hydrogen-bond donors (Lipinski definition) is 1. The van der Waals surface area contributed by atoms with Crippen molar-refractivity contribution in [3.05, 3.63) is 54.0 Å². The fraction of sp³-hybridized carbons (Fsp3) is 0.214. The first kappa shape index (κ1) is 13.7. The second-order valence-corrected chi connectivity index (χ2v) is 4.29. The van der Waals surface area contributed by atoms with Crippen LogP contribution in [0, 0.1) is 0 Å². The number of ether oxygens (including phenoxy) is 1. The zero-order valence-electron chi connectivity index (χ0n) is 10.3. The number of hydrogen-bond acceptors (Lipinski definition) is 3. The summed E-state index contributed by atoms with van der Waals surface area (Å²) in [5.41, 5.74) is 0.880. The Hall–Kier alpha value is -1.75. The van der Waals surface area contributed by atoms with Gasteiger partial charge in [0.2, 0.25) is 0 Å². The number of nitrogens with one attached hydrogen (secondary N) is 1. The van der Waals surface area contributed by atoms with E-state index >= 15 is 0 Å². The molecule has 0 atom stereocenters. The van der Waals surface area contributed by atoms with Gasteiger partial charge in [-0.1, -0.05) is 12.1 Å². The lowest BCUT2D eigenvalue weighted by molar-refractivity contribution is 0.0950. The van der Waals surface area contributed by atoms with Gasteiger partial charge in [-0.05, 0) is 40.2 Å². The van der Waals surface area contributed by atoms with E-state index in [2.05, 4.69) is 21.2 Å². The molecule has 0 bridgehead atoms. The van der Waals surface area contributed by atoms with Crippen LogP contribution in [0.2, 0.25) is 0 Å². The Balaban J connectivity index is 1.92. The number of furan rings is 1. The van der Waals surface area contributed by atoms with Gasteiger partial charge in [0.15, 0.2) is 0 Å². The zero-order chi connectivity index (χ0) is 13.5. The molecule has 2 rings (SSSR count). The molecule has 1 aromatic heterocycles. The number of carbonyl (C=O) groups excluding carboxylic acids is 1. The molecule has 0 saturated heterocycles. The van der Waals surface area contributed by atoms with Gasteiger partial charge in [0.05, 0.1) is 11.8 Å². The van der Waals surface area contributed by atoms with E-state index in [1.165, 1.54) is 0 Å². The summed E-state index contributed by atoms with van der Waals surface area (Å²) in [6.45, 7) is 0.523. The van der Waals surface area contributed by atoms with Crippen molar-refractivity contribution in [2.45, 2.75) is 6.42 Å². The lowest BCUT2D eigenvalue weighted by Gasteiger charge is -2.09. The molecular formula is C14H14BrNO3. The van der Waals surface area contributed by atoms with Crippen LogP contribution in [0.1, 0.15) is 16.1 Å². The molecule has 5 heteroatoms. The number of carbonyl (C=O) groups is 1. The van der Waals surface area contributed by atoms with Crippen molar-refractivity contribution in [3.63, 3.8) is 0 Å². The maximum absolute atomic E-state index is 12.0. The lowest BCUT2D eigenvalue weighted by atomic mass is 10.2. The van der Waals surface area contributed by atoms with E-state index in [1.807, 2.05) is 24.3 Å². The zero-order valence-corrected chi connectivity index (χ0v) is 11.9. The summed E-state index contributed by atoms with van der Waals surface area (Å²) in [6.07, 6.45) is 2.29. The van der Waals surface area contributed by atoms with Crippen molar-refractivity contribution < 1.29 is 13.9 Å². The highest BCUT2D eigenvalue weighted by molar-refractivity contribution is 9.09. The van der Waals surface area contributed by atoms with Crippen LogP contribution in [0.15, 0.2) is 47.1 Å². The molecule has 1 aromatic carbocycles. The summed E-state index contributed by atoms with van der Waals surface area (Å²) >= 11 is 3.18. The van der Waals surface area contributed by atoms with E-state index in [4.69, 9.17) is 9.15 Å². The average molecular weight is 324 g/mol. The summed E-state index contributed by atoms with van der Waals surface area (Å²) in [7, 11) is 0. The summed E-state index contributed by atoms with van der Waals surface area (Å²) < 4.78 is 10.5. The van der Waals surface area contributed by atoms with Gasteiger partial charge in [0.25, 0.3) is 5.91 Å². The maximum atomic E-state index is 12.0. The second kappa shape index (κ2) is 6.99. The van der Waals surface area contributed by atoms with Gasteiger partial charge in [0.1, 0.15) is 17.0 Å². The van der Waals surface area contributed by atoms with Crippen LogP contribution in [0.3, 0.4) is 0 Å². The number of rotatable bonds is 6. The molecule has 1 heterocycles.